The van der Waals surface area contributed by atoms with E-state index < -0.39 is 0 Å². The molecule has 6 nitrogen and oxygen atoms in total. The molecule has 1 aromatic rings. The molecule has 0 bridgehead atoms. The van der Waals surface area contributed by atoms with E-state index in [1.165, 1.54) is 12.8 Å². The van der Waals surface area contributed by atoms with Gasteiger partial charge in [0.2, 0.25) is 0 Å². The van der Waals surface area contributed by atoms with E-state index in [2.05, 4.69) is 36.4 Å². The van der Waals surface area contributed by atoms with E-state index in [0.29, 0.717) is 12.6 Å². The fraction of sp³-hybridized carbons (Fsp3) is 0.632. The van der Waals surface area contributed by atoms with E-state index in [1.807, 2.05) is 18.2 Å². The molecular weight excluding hydrogens is 316 g/mol. The third kappa shape index (κ3) is 5.81. The minimum Gasteiger partial charge on any atom is -0.497 e. The molecule has 1 aliphatic carbocycles. The van der Waals surface area contributed by atoms with Crippen molar-refractivity contribution in [3.8, 4) is 11.5 Å². The van der Waals surface area contributed by atoms with Crippen molar-refractivity contribution in [2.75, 3.05) is 34.4 Å². The van der Waals surface area contributed by atoms with Crippen LogP contribution in [0, 0.1) is 0 Å². The van der Waals surface area contributed by atoms with Crippen molar-refractivity contribution in [3.05, 3.63) is 23.8 Å². The van der Waals surface area contributed by atoms with Crippen LogP contribution in [0.2, 0.25) is 0 Å². The van der Waals surface area contributed by atoms with Gasteiger partial charge in [-0.05, 0) is 45.9 Å². The molecule has 25 heavy (non-hydrogen) atoms. The Morgan fingerprint density at radius 2 is 2.04 bits per heavy atom. The van der Waals surface area contributed by atoms with Crippen LogP contribution in [0.1, 0.15) is 32.3 Å². The Morgan fingerprint density at radius 3 is 2.64 bits per heavy atom. The second kappa shape index (κ2) is 9.51. The molecule has 0 radical (unpaired) electrons. The number of ether oxygens (including phenoxy) is 2. The third-order valence-corrected chi connectivity index (χ3v) is 4.63. The van der Waals surface area contributed by atoms with Gasteiger partial charge in [0, 0.05) is 36.8 Å². The topological polar surface area (TPSA) is 58.1 Å². The largest absolute Gasteiger partial charge is 0.497 e. The van der Waals surface area contributed by atoms with Crippen molar-refractivity contribution in [2.24, 2.45) is 4.99 Å². The van der Waals surface area contributed by atoms with Gasteiger partial charge >= 0.3 is 0 Å². The van der Waals surface area contributed by atoms with Gasteiger partial charge in [0.05, 0.1) is 20.8 Å². The number of aliphatic imine (C=N–C) groups is 1. The van der Waals surface area contributed by atoms with Crippen molar-refractivity contribution in [1.29, 1.82) is 0 Å². The molecule has 0 saturated heterocycles. The highest BCUT2D eigenvalue weighted by molar-refractivity contribution is 5.79. The SMILES string of the molecule is CCNC(=NCc1ccc(OC)cc1OC)NCC(C)N(C)C1CC1. The standard InChI is InChI=1S/C19H32N4O2/c1-6-20-19(21-12-14(2)23(3)16-8-9-16)22-13-15-7-10-17(24-4)11-18(15)25-5/h7,10-11,14,16H,6,8-9,12-13H2,1-5H3,(H2,20,21,22). The number of hydrogen-bond acceptors (Lipinski definition) is 4. The summed E-state index contributed by atoms with van der Waals surface area (Å²) < 4.78 is 10.7. The smallest absolute Gasteiger partial charge is 0.191 e. The molecular formula is C19H32N4O2. The van der Waals surface area contributed by atoms with E-state index in [0.717, 1.165) is 42.2 Å². The van der Waals surface area contributed by atoms with Crippen LogP contribution in [0.4, 0.5) is 0 Å². The van der Waals surface area contributed by atoms with Crippen LogP contribution >= 0.6 is 0 Å². The molecule has 1 fully saturated rings. The molecule has 2 rings (SSSR count). The van der Waals surface area contributed by atoms with Crippen LogP contribution in [0.15, 0.2) is 23.2 Å². The molecule has 0 aliphatic heterocycles. The normalized spacial score (nSPS) is 15.8. The van der Waals surface area contributed by atoms with Gasteiger partial charge in [-0.2, -0.15) is 0 Å². The minimum atomic E-state index is 0.479. The summed E-state index contributed by atoms with van der Waals surface area (Å²) in [7, 11) is 5.52. The first-order valence-electron chi connectivity index (χ1n) is 9.04. The summed E-state index contributed by atoms with van der Waals surface area (Å²) >= 11 is 0. The molecule has 140 valence electrons. The zero-order valence-corrected chi connectivity index (χ0v) is 16.1. The van der Waals surface area contributed by atoms with E-state index in [4.69, 9.17) is 14.5 Å². The number of likely N-dealkylation sites (N-methyl/N-ethyl adjacent to an activating group) is 1. The summed E-state index contributed by atoms with van der Waals surface area (Å²) in [5.74, 6) is 2.41. The number of nitrogens with one attached hydrogen (secondary N) is 2. The maximum atomic E-state index is 5.45. The highest BCUT2D eigenvalue weighted by Crippen LogP contribution is 2.27. The lowest BCUT2D eigenvalue weighted by atomic mass is 10.2. The maximum Gasteiger partial charge on any atom is 0.191 e. The number of nitrogens with zero attached hydrogens (tertiary/aromatic N) is 2. The summed E-state index contributed by atoms with van der Waals surface area (Å²) in [6, 6.07) is 7.05. The lowest BCUT2D eigenvalue weighted by Gasteiger charge is -2.25. The molecule has 1 atom stereocenters. The highest BCUT2D eigenvalue weighted by atomic mass is 16.5. The molecule has 0 spiro atoms. The van der Waals surface area contributed by atoms with Gasteiger partial charge in [-0.1, -0.05) is 0 Å². The maximum absolute atomic E-state index is 5.45. The fourth-order valence-corrected chi connectivity index (χ4v) is 2.72. The number of hydrogen-bond donors (Lipinski definition) is 2. The summed E-state index contributed by atoms with van der Waals surface area (Å²) in [6.45, 7) is 6.58. The van der Waals surface area contributed by atoms with Gasteiger partial charge in [-0.15, -0.1) is 0 Å². The Hall–Kier alpha value is -1.95. The van der Waals surface area contributed by atoms with Crippen molar-refractivity contribution in [3.63, 3.8) is 0 Å². The van der Waals surface area contributed by atoms with Crippen molar-refractivity contribution >= 4 is 5.96 Å². The average molecular weight is 348 g/mol. The summed E-state index contributed by atoms with van der Waals surface area (Å²) in [4.78, 5) is 7.14. The Bertz CT molecular complexity index is 573. The van der Waals surface area contributed by atoms with Crippen LogP contribution < -0.4 is 20.1 Å². The molecule has 0 heterocycles. The highest BCUT2D eigenvalue weighted by Gasteiger charge is 2.28. The molecule has 6 heteroatoms. The molecule has 0 amide bonds. The summed E-state index contributed by atoms with van der Waals surface area (Å²) in [5, 5.41) is 6.75. The zero-order chi connectivity index (χ0) is 18.2. The first kappa shape index (κ1) is 19.4. The number of guanidine groups is 1. The first-order valence-corrected chi connectivity index (χ1v) is 9.04. The third-order valence-electron chi connectivity index (χ3n) is 4.63. The van der Waals surface area contributed by atoms with Crippen molar-refractivity contribution in [2.45, 2.75) is 45.3 Å². The van der Waals surface area contributed by atoms with Crippen LogP contribution in [0.25, 0.3) is 0 Å². The minimum absolute atomic E-state index is 0.479. The Labute approximate surface area is 151 Å². The van der Waals surface area contributed by atoms with Gasteiger partial charge in [-0.25, -0.2) is 4.99 Å². The van der Waals surface area contributed by atoms with Crippen LogP contribution in [-0.2, 0) is 6.54 Å². The van der Waals surface area contributed by atoms with Gasteiger partial charge in [-0.3, -0.25) is 4.90 Å². The molecule has 2 N–H and O–H groups in total. The molecule has 1 aliphatic rings. The van der Waals surface area contributed by atoms with Gasteiger partial charge in [0.15, 0.2) is 5.96 Å². The zero-order valence-electron chi connectivity index (χ0n) is 16.1. The Morgan fingerprint density at radius 1 is 1.28 bits per heavy atom. The Kier molecular flexibility index (Phi) is 7.37. The van der Waals surface area contributed by atoms with Gasteiger partial charge < -0.3 is 20.1 Å². The second-order valence-corrected chi connectivity index (χ2v) is 6.50. The predicted octanol–water partition coefficient (Wildman–Crippen LogP) is 2.24. The lowest BCUT2D eigenvalue weighted by molar-refractivity contribution is 0.247. The monoisotopic (exact) mass is 348 g/mol. The second-order valence-electron chi connectivity index (χ2n) is 6.50. The Balaban J connectivity index is 1.96. The van der Waals surface area contributed by atoms with E-state index in [9.17, 15) is 0 Å². The summed E-state index contributed by atoms with van der Waals surface area (Å²) in [6.07, 6.45) is 2.65. The quantitative estimate of drug-likeness (QED) is 0.529. The van der Waals surface area contributed by atoms with Crippen molar-refractivity contribution in [1.82, 2.24) is 15.5 Å². The van der Waals surface area contributed by atoms with Crippen molar-refractivity contribution < 1.29 is 9.47 Å². The lowest BCUT2D eigenvalue weighted by Crippen LogP contribution is -2.45. The van der Waals surface area contributed by atoms with Gasteiger partial charge in [0.1, 0.15) is 11.5 Å². The first-order chi connectivity index (χ1) is 12.1. The molecule has 1 aromatic carbocycles. The van der Waals surface area contributed by atoms with Crippen LogP contribution in [0.5, 0.6) is 11.5 Å². The molecule has 0 aromatic heterocycles. The number of methoxy groups -OCH3 is 2. The summed E-state index contributed by atoms with van der Waals surface area (Å²) in [5.41, 5.74) is 1.03. The van der Waals surface area contributed by atoms with Crippen LogP contribution in [-0.4, -0.2) is 57.3 Å². The van der Waals surface area contributed by atoms with Crippen LogP contribution in [0.3, 0.4) is 0 Å². The number of benzene rings is 1. The average Bonchev–Trinajstić information content (AvgIpc) is 3.48. The predicted molar refractivity (Wildman–Crippen MR) is 103 cm³/mol. The molecule has 1 saturated carbocycles. The van der Waals surface area contributed by atoms with E-state index in [1.54, 1.807) is 14.2 Å². The fourth-order valence-electron chi connectivity index (χ4n) is 2.72. The number of rotatable bonds is 9. The van der Waals surface area contributed by atoms with Gasteiger partial charge in [0.25, 0.3) is 0 Å². The van der Waals surface area contributed by atoms with E-state index in [-0.39, 0.29) is 0 Å². The molecule has 1 unspecified atom stereocenters. The van der Waals surface area contributed by atoms with E-state index >= 15 is 0 Å².